The van der Waals surface area contributed by atoms with Crippen LogP contribution in [-0.2, 0) is 16.4 Å². The molecule has 0 saturated heterocycles. The number of nitrogens with zero attached hydrogens (tertiary/aromatic N) is 1. The fraction of sp³-hybridized carbons (Fsp3) is 0.308. The third-order valence-corrected chi connectivity index (χ3v) is 5.69. The lowest BCUT2D eigenvalue weighted by Gasteiger charge is -2.09. The van der Waals surface area contributed by atoms with Crippen molar-refractivity contribution in [2.75, 3.05) is 12.3 Å². The van der Waals surface area contributed by atoms with E-state index in [1.165, 1.54) is 12.1 Å². The number of benzene rings is 1. The van der Waals surface area contributed by atoms with Gasteiger partial charge >= 0.3 is 0 Å². The largest absolute Gasteiger partial charge is 0.397 e. The zero-order chi connectivity index (χ0) is 15.6. The fourth-order valence-electron chi connectivity index (χ4n) is 1.84. The highest BCUT2D eigenvalue weighted by atomic mass is 35.5. The van der Waals surface area contributed by atoms with E-state index in [1.54, 1.807) is 18.3 Å². The standard InChI is InChI=1S/C13H16ClN3O2S2/c1-8-5-11(6-12(15)13(8)14)21(18,19)16-4-3-10-7-20-9(2)17-10/h5-7,16H,3-4,15H2,1-2H3. The zero-order valence-corrected chi connectivity index (χ0v) is 14.1. The molecule has 0 radical (unpaired) electrons. The minimum atomic E-state index is -3.60. The molecule has 5 nitrogen and oxygen atoms in total. The van der Waals surface area contributed by atoms with E-state index in [-0.39, 0.29) is 17.1 Å². The Morgan fingerprint density at radius 1 is 1.38 bits per heavy atom. The second kappa shape index (κ2) is 6.31. The van der Waals surface area contributed by atoms with Gasteiger partial charge in [0.05, 0.1) is 26.3 Å². The Kier molecular flexibility index (Phi) is 4.88. The molecule has 0 atom stereocenters. The van der Waals surface area contributed by atoms with Gasteiger partial charge in [0.25, 0.3) is 0 Å². The first-order valence-corrected chi connectivity index (χ1v) is 9.00. The Morgan fingerprint density at radius 3 is 2.67 bits per heavy atom. The maximum atomic E-state index is 12.2. The number of hydrogen-bond donors (Lipinski definition) is 2. The number of aromatic nitrogens is 1. The van der Waals surface area contributed by atoms with Crippen LogP contribution in [0.1, 0.15) is 16.3 Å². The summed E-state index contributed by atoms with van der Waals surface area (Å²) in [6, 6.07) is 2.87. The molecule has 0 amide bonds. The second-order valence-corrected chi connectivity index (χ2v) is 7.86. The van der Waals surface area contributed by atoms with Gasteiger partial charge in [0.1, 0.15) is 0 Å². The topological polar surface area (TPSA) is 85.1 Å². The van der Waals surface area contributed by atoms with Crippen LogP contribution < -0.4 is 10.5 Å². The van der Waals surface area contributed by atoms with Crippen molar-refractivity contribution in [1.29, 1.82) is 0 Å². The van der Waals surface area contributed by atoms with Gasteiger partial charge in [-0.3, -0.25) is 0 Å². The number of nitrogens with one attached hydrogen (secondary N) is 1. The second-order valence-electron chi connectivity index (χ2n) is 4.65. The highest BCUT2D eigenvalue weighted by Crippen LogP contribution is 2.26. The fourth-order valence-corrected chi connectivity index (χ4v) is 3.75. The van der Waals surface area contributed by atoms with E-state index in [1.807, 2.05) is 12.3 Å². The van der Waals surface area contributed by atoms with Crippen molar-refractivity contribution in [3.63, 3.8) is 0 Å². The molecule has 0 aliphatic heterocycles. The molecule has 2 aromatic rings. The maximum Gasteiger partial charge on any atom is 0.240 e. The molecule has 0 fully saturated rings. The van der Waals surface area contributed by atoms with E-state index >= 15 is 0 Å². The minimum absolute atomic E-state index is 0.122. The lowest BCUT2D eigenvalue weighted by atomic mass is 10.2. The average molecular weight is 346 g/mol. The third-order valence-electron chi connectivity index (χ3n) is 2.91. The van der Waals surface area contributed by atoms with Gasteiger partial charge < -0.3 is 5.73 Å². The van der Waals surface area contributed by atoms with Gasteiger partial charge in [-0.25, -0.2) is 18.1 Å². The van der Waals surface area contributed by atoms with Crippen LogP contribution in [0.5, 0.6) is 0 Å². The van der Waals surface area contributed by atoms with E-state index in [0.29, 0.717) is 17.0 Å². The predicted octanol–water partition coefficient (Wildman–Crippen LogP) is 2.52. The van der Waals surface area contributed by atoms with Gasteiger partial charge in [-0.05, 0) is 31.5 Å². The highest BCUT2D eigenvalue weighted by molar-refractivity contribution is 7.89. The molecule has 1 aromatic heterocycles. The van der Waals surface area contributed by atoms with Gasteiger partial charge in [0.15, 0.2) is 0 Å². The van der Waals surface area contributed by atoms with Crippen molar-refractivity contribution in [2.24, 2.45) is 0 Å². The highest BCUT2D eigenvalue weighted by Gasteiger charge is 2.16. The molecule has 0 unspecified atom stereocenters. The Hall–Kier alpha value is -1.15. The summed E-state index contributed by atoms with van der Waals surface area (Å²) in [6.07, 6.45) is 0.547. The number of sulfonamides is 1. The maximum absolute atomic E-state index is 12.2. The summed E-state index contributed by atoms with van der Waals surface area (Å²) in [5.74, 6) is 0. The SMILES string of the molecule is Cc1nc(CCNS(=O)(=O)c2cc(C)c(Cl)c(N)c2)cs1. The summed E-state index contributed by atoms with van der Waals surface area (Å²) in [4.78, 5) is 4.41. The van der Waals surface area contributed by atoms with Gasteiger partial charge in [-0.15, -0.1) is 11.3 Å². The van der Waals surface area contributed by atoms with E-state index in [0.717, 1.165) is 10.7 Å². The van der Waals surface area contributed by atoms with E-state index < -0.39 is 10.0 Å². The van der Waals surface area contributed by atoms with Crippen molar-refractivity contribution in [3.05, 3.63) is 38.8 Å². The molecule has 0 saturated carbocycles. The van der Waals surface area contributed by atoms with Gasteiger partial charge in [-0.2, -0.15) is 0 Å². The normalized spacial score (nSPS) is 11.8. The van der Waals surface area contributed by atoms with Crippen LogP contribution in [0, 0.1) is 13.8 Å². The first-order chi connectivity index (χ1) is 9.79. The first-order valence-electron chi connectivity index (χ1n) is 6.26. The monoisotopic (exact) mass is 345 g/mol. The Morgan fingerprint density at radius 2 is 2.10 bits per heavy atom. The summed E-state index contributed by atoms with van der Waals surface area (Å²) in [5.41, 5.74) is 7.48. The molecule has 2 rings (SSSR count). The third kappa shape index (κ3) is 3.94. The van der Waals surface area contributed by atoms with Crippen LogP contribution in [0.3, 0.4) is 0 Å². The molecular weight excluding hydrogens is 330 g/mol. The summed E-state index contributed by atoms with van der Waals surface area (Å²) in [6.45, 7) is 3.92. The smallest absolute Gasteiger partial charge is 0.240 e. The molecule has 114 valence electrons. The van der Waals surface area contributed by atoms with Crippen LogP contribution in [0.4, 0.5) is 5.69 Å². The number of nitrogen functional groups attached to an aromatic ring is 1. The van der Waals surface area contributed by atoms with E-state index in [9.17, 15) is 8.42 Å². The summed E-state index contributed by atoms with van der Waals surface area (Å²) < 4.78 is 27.0. The number of thiazole rings is 1. The molecular formula is C13H16ClN3O2S2. The molecule has 21 heavy (non-hydrogen) atoms. The molecule has 3 N–H and O–H groups in total. The van der Waals surface area contributed by atoms with Crippen LogP contribution in [0.15, 0.2) is 22.4 Å². The number of nitrogens with two attached hydrogens (primary N) is 1. The van der Waals surface area contributed by atoms with Crippen LogP contribution >= 0.6 is 22.9 Å². The van der Waals surface area contributed by atoms with Crippen LogP contribution in [-0.4, -0.2) is 19.9 Å². The number of anilines is 1. The summed E-state index contributed by atoms with van der Waals surface area (Å²) >= 11 is 7.48. The lowest BCUT2D eigenvalue weighted by Crippen LogP contribution is -2.26. The van der Waals surface area contributed by atoms with Gasteiger partial charge in [0.2, 0.25) is 10.0 Å². The number of hydrogen-bond acceptors (Lipinski definition) is 5. The molecule has 1 aromatic carbocycles. The molecule has 0 aliphatic carbocycles. The zero-order valence-electron chi connectivity index (χ0n) is 11.7. The molecule has 8 heteroatoms. The van der Waals surface area contributed by atoms with E-state index in [4.69, 9.17) is 17.3 Å². The number of halogens is 1. The summed E-state index contributed by atoms with van der Waals surface area (Å²) in [7, 11) is -3.60. The van der Waals surface area contributed by atoms with E-state index in [2.05, 4.69) is 9.71 Å². The molecule has 0 spiro atoms. The quantitative estimate of drug-likeness (QED) is 0.815. The average Bonchev–Trinajstić information content (AvgIpc) is 2.81. The lowest BCUT2D eigenvalue weighted by molar-refractivity contribution is 0.581. The minimum Gasteiger partial charge on any atom is -0.397 e. The number of rotatable bonds is 5. The van der Waals surface area contributed by atoms with Crippen molar-refractivity contribution < 1.29 is 8.42 Å². The molecule has 0 bridgehead atoms. The van der Waals surface area contributed by atoms with Crippen molar-refractivity contribution in [3.8, 4) is 0 Å². The molecule has 0 aliphatic rings. The van der Waals surface area contributed by atoms with Crippen molar-refractivity contribution >= 4 is 38.6 Å². The van der Waals surface area contributed by atoms with Crippen molar-refractivity contribution in [1.82, 2.24) is 9.71 Å². The summed E-state index contributed by atoms with van der Waals surface area (Å²) in [5, 5.41) is 3.27. The Bertz CT molecular complexity index is 734. The first kappa shape index (κ1) is 16.2. The number of aryl methyl sites for hydroxylation is 2. The van der Waals surface area contributed by atoms with Crippen LogP contribution in [0.25, 0.3) is 0 Å². The van der Waals surface area contributed by atoms with Crippen LogP contribution in [0.2, 0.25) is 5.02 Å². The van der Waals surface area contributed by atoms with Crippen molar-refractivity contribution in [2.45, 2.75) is 25.2 Å². The Balaban J connectivity index is 2.08. The molecule has 1 heterocycles. The van der Waals surface area contributed by atoms with Gasteiger partial charge in [-0.1, -0.05) is 11.6 Å². The predicted molar refractivity (Wildman–Crippen MR) is 86.3 cm³/mol. The van der Waals surface area contributed by atoms with Gasteiger partial charge in [0, 0.05) is 18.3 Å². The Labute approximate surface area is 133 Å².